The van der Waals surface area contributed by atoms with Crippen LogP contribution in [0.2, 0.25) is 0 Å². The Morgan fingerprint density at radius 2 is 1.80 bits per heavy atom. The topological polar surface area (TPSA) is 37.3 Å². The van der Waals surface area contributed by atoms with E-state index in [1.54, 1.807) is 0 Å². The summed E-state index contributed by atoms with van der Waals surface area (Å²) in [6, 6.07) is 4.18. The van der Waals surface area contributed by atoms with Crippen molar-refractivity contribution in [2.24, 2.45) is 0 Å². The molecule has 1 rings (SSSR count). The Hall–Kier alpha value is -1.75. The van der Waals surface area contributed by atoms with Gasteiger partial charge < -0.3 is 5.11 Å². The van der Waals surface area contributed by atoms with Crippen molar-refractivity contribution in [1.82, 2.24) is 0 Å². The van der Waals surface area contributed by atoms with Gasteiger partial charge in [-0.3, -0.25) is 0 Å². The smallest absolute Gasteiger partial charge is 0.381 e. The Kier molecular flexibility index (Phi) is 3.51. The number of carboxylic acids is 1. The van der Waals surface area contributed by atoms with Crippen LogP contribution in [0, 0.1) is 32.6 Å². The van der Waals surface area contributed by atoms with Crippen LogP contribution in [-0.4, -0.2) is 11.1 Å². The van der Waals surface area contributed by atoms with Gasteiger partial charge >= 0.3 is 5.97 Å². The maximum absolute atomic E-state index is 10.2. The molecule has 78 valence electrons. The van der Waals surface area contributed by atoms with E-state index in [0.717, 1.165) is 5.56 Å². The molecule has 2 nitrogen and oxygen atoms in total. The van der Waals surface area contributed by atoms with Crippen LogP contribution in [0.25, 0.3) is 0 Å². The molecule has 2 heteroatoms. The monoisotopic (exact) mass is 202 g/mol. The first-order valence-electron chi connectivity index (χ1n) is 4.79. The summed E-state index contributed by atoms with van der Waals surface area (Å²) in [6.07, 6.45) is 0.504. The van der Waals surface area contributed by atoms with Gasteiger partial charge in [0.05, 0.1) is 0 Å². The molecule has 0 aromatic heterocycles. The van der Waals surface area contributed by atoms with Gasteiger partial charge in [0.25, 0.3) is 0 Å². The van der Waals surface area contributed by atoms with Crippen LogP contribution < -0.4 is 0 Å². The Labute approximate surface area is 89.9 Å². The highest BCUT2D eigenvalue weighted by molar-refractivity contribution is 5.86. The molecule has 0 amide bonds. The average molecular weight is 202 g/mol. The normalized spacial score (nSPS) is 9.27. The third-order valence-electron chi connectivity index (χ3n) is 2.30. The third kappa shape index (κ3) is 3.14. The summed E-state index contributed by atoms with van der Waals surface area (Å²) in [5.74, 6) is 3.71. The predicted octanol–water partition coefficient (Wildman–Crippen LogP) is 2.24. The van der Waals surface area contributed by atoms with Gasteiger partial charge in [0, 0.05) is 12.3 Å². The van der Waals surface area contributed by atoms with E-state index in [2.05, 4.69) is 24.0 Å². The van der Waals surface area contributed by atoms with Crippen LogP contribution in [0.4, 0.5) is 0 Å². The summed E-state index contributed by atoms with van der Waals surface area (Å²) in [6.45, 7) is 6.10. The van der Waals surface area contributed by atoms with E-state index in [1.807, 2.05) is 20.8 Å². The highest BCUT2D eigenvalue weighted by Crippen LogP contribution is 2.16. The number of hydrogen-bond donors (Lipinski definition) is 1. The summed E-state index contributed by atoms with van der Waals surface area (Å²) in [5.41, 5.74) is 4.70. The number of hydrogen-bond acceptors (Lipinski definition) is 1. The van der Waals surface area contributed by atoms with Crippen LogP contribution in [0.3, 0.4) is 0 Å². The van der Waals surface area contributed by atoms with Gasteiger partial charge in [-0.25, -0.2) is 4.79 Å². The zero-order valence-corrected chi connectivity index (χ0v) is 9.22. The zero-order valence-electron chi connectivity index (χ0n) is 9.22. The molecule has 15 heavy (non-hydrogen) atoms. The zero-order chi connectivity index (χ0) is 11.4. The fraction of sp³-hybridized carbons (Fsp3) is 0.308. The van der Waals surface area contributed by atoms with E-state index in [9.17, 15) is 4.79 Å². The summed E-state index contributed by atoms with van der Waals surface area (Å²) in [5, 5.41) is 8.40. The molecule has 0 saturated carbocycles. The molecule has 0 unspecified atom stereocenters. The molecule has 1 N–H and O–H groups in total. The van der Waals surface area contributed by atoms with Gasteiger partial charge in [0.15, 0.2) is 0 Å². The first-order valence-corrected chi connectivity index (χ1v) is 4.79. The van der Waals surface area contributed by atoms with Crippen molar-refractivity contribution in [3.8, 4) is 11.8 Å². The second kappa shape index (κ2) is 4.65. The second-order valence-corrected chi connectivity index (χ2v) is 3.66. The van der Waals surface area contributed by atoms with Crippen molar-refractivity contribution >= 4 is 5.97 Å². The molecule has 0 saturated heterocycles. The number of aryl methyl sites for hydroxylation is 3. The lowest BCUT2D eigenvalue weighted by Gasteiger charge is -2.07. The highest BCUT2D eigenvalue weighted by atomic mass is 16.4. The molecule has 0 fully saturated rings. The lowest BCUT2D eigenvalue weighted by molar-refractivity contribution is -0.130. The first-order chi connectivity index (χ1) is 7.00. The molecule has 0 aliphatic rings. The van der Waals surface area contributed by atoms with Gasteiger partial charge in [-0.2, -0.15) is 0 Å². The van der Waals surface area contributed by atoms with Crippen molar-refractivity contribution in [3.05, 3.63) is 34.4 Å². The van der Waals surface area contributed by atoms with Gasteiger partial charge in [0.1, 0.15) is 0 Å². The van der Waals surface area contributed by atoms with E-state index >= 15 is 0 Å². The van der Waals surface area contributed by atoms with Gasteiger partial charge in [-0.15, -0.1) is 0 Å². The minimum atomic E-state index is -1.07. The molecule has 1 aromatic rings. The van der Waals surface area contributed by atoms with Crippen LogP contribution in [0.15, 0.2) is 12.1 Å². The molecule has 0 aliphatic carbocycles. The van der Waals surface area contributed by atoms with E-state index in [-0.39, 0.29) is 0 Å². The van der Waals surface area contributed by atoms with Crippen molar-refractivity contribution < 1.29 is 9.90 Å². The summed E-state index contributed by atoms with van der Waals surface area (Å²) in [4.78, 5) is 10.2. The molecule has 0 radical (unpaired) electrons. The van der Waals surface area contributed by atoms with Crippen LogP contribution in [0.5, 0.6) is 0 Å². The maximum atomic E-state index is 10.2. The Bertz CT molecular complexity index is 424. The lowest BCUT2D eigenvalue weighted by Crippen LogP contribution is -1.95. The standard InChI is InChI=1S/C13H14O2/c1-9-7-10(2)12(11(3)8-9)5-4-6-13(14)15/h7-8H,5H2,1-3H3,(H,14,15). The quantitative estimate of drug-likeness (QED) is 0.709. The van der Waals surface area contributed by atoms with E-state index in [0.29, 0.717) is 6.42 Å². The number of rotatable bonds is 1. The van der Waals surface area contributed by atoms with Gasteiger partial charge in [-0.05, 0) is 37.5 Å². The van der Waals surface area contributed by atoms with Crippen molar-refractivity contribution in [3.63, 3.8) is 0 Å². The maximum Gasteiger partial charge on any atom is 0.381 e. The van der Waals surface area contributed by atoms with Crippen molar-refractivity contribution in [2.45, 2.75) is 27.2 Å². The minimum absolute atomic E-state index is 0.504. The predicted molar refractivity (Wildman–Crippen MR) is 59.8 cm³/mol. The van der Waals surface area contributed by atoms with Crippen LogP contribution in [-0.2, 0) is 11.2 Å². The van der Waals surface area contributed by atoms with Gasteiger partial charge in [0.2, 0.25) is 0 Å². The fourth-order valence-electron chi connectivity index (χ4n) is 1.70. The van der Waals surface area contributed by atoms with E-state index in [1.165, 1.54) is 16.7 Å². The third-order valence-corrected chi connectivity index (χ3v) is 2.30. The molecule has 0 bridgehead atoms. The van der Waals surface area contributed by atoms with Crippen LogP contribution in [0.1, 0.15) is 22.3 Å². The van der Waals surface area contributed by atoms with Crippen LogP contribution >= 0.6 is 0 Å². The number of carbonyl (C=O) groups is 1. The molecule has 0 aliphatic heterocycles. The molecule has 0 spiro atoms. The summed E-state index contributed by atoms with van der Waals surface area (Å²) < 4.78 is 0. The Morgan fingerprint density at radius 1 is 1.27 bits per heavy atom. The molecule has 0 heterocycles. The first kappa shape index (κ1) is 11.3. The minimum Gasteiger partial charge on any atom is -0.472 e. The number of carboxylic acid groups (broad SMARTS) is 1. The molecule has 1 aromatic carbocycles. The summed E-state index contributed by atoms with van der Waals surface area (Å²) in [7, 11) is 0. The SMILES string of the molecule is Cc1cc(C)c(CC#CC(=O)O)c(C)c1. The molecular formula is C13H14O2. The second-order valence-electron chi connectivity index (χ2n) is 3.66. The summed E-state index contributed by atoms with van der Waals surface area (Å²) >= 11 is 0. The Morgan fingerprint density at radius 3 is 2.27 bits per heavy atom. The van der Waals surface area contributed by atoms with Crippen molar-refractivity contribution in [2.75, 3.05) is 0 Å². The largest absolute Gasteiger partial charge is 0.472 e. The lowest BCUT2D eigenvalue weighted by atomic mass is 9.98. The van der Waals surface area contributed by atoms with E-state index < -0.39 is 5.97 Å². The van der Waals surface area contributed by atoms with E-state index in [4.69, 9.17) is 5.11 Å². The van der Waals surface area contributed by atoms with Crippen molar-refractivity contribution in [1.29, 1.82) is 0 Å². The molecular weight excluding hydrogens is 188 g/mol. The number of aliphatic carboxylic acids is 1. The highest BCUT2D eigenvalue weighted by Gasteiger charge is 2.01. The fourth-order valence-corrected chi connectivity index (χ4v) is 1.70. The average Bonchev–Trinajstić information content (AvgIpc) is 2.08. The molecule has 0 atom stereocenters. The van der Waals surface area contributed by atoms with Gasteiger partial charge in [-0.1, -0.05) is 23.6 Å². The Balaban J connectivity index is 2.97. The number of benzene rings is 1.